The Balaban J connectivity index is 2.25. The number of nitrogens with two attached hydrogens (primary N) is 1. The van der Waals surface area contributed by atoms with E-state index in [4.69, 9.17) is 5.73 Å². The molecular weight excluding hydrogens is 262 g/mol. The van der Waals surface area contributed by atoms with E-state index in [1.807, 2.05) is 26.2 Å². The summed E-state index contributed by atoms with van der Waals surface area (Å²) in [7, 11) is 0. The van der Waals surface area contributed by atoms with Gasteiger partial charge >= 0.3 is 0 Å². The summed E-state index contributed by atoms with van der Waals surface area (Å²) in [6, 6.07) is 0. The number of hydrogen-bond acceptors (Lipinski definition) is 6. The maximum atomic E-state index is 12.1. The Morgan fingerprint density at radius 2 is 2.16 bits per heavy atom. The number of aryl methyl sites for hydroxylation is 1. The van der Waals surface area contributed by atoms with Gasteiger partial charge in [0.1, 0.15) is 5.82 Å². The van der Waals surface area contributed by atoms with Crippen LogP contribution < -0.4 is 11.1 Å². The Morgan fingerprint density at radius 1 is 1.42 bits per heavy atom. The number of thiazole rings is 1. The van der Waals surface area contributed by atoms with Crippen molar-refractivity contribution >= 4 is 28.1 Å². The van der Waals surface area contributed by atoms with Crippen LogP contribution in [-0.4, -0.2) is 20.9 Å². The van der Waals surface area contributed by atoms with Gasteiger partial charge in [-0.2, -0.15) is 0 Å². The largest absolute Gasteiger partial charge is 0.396 e. The molecule has 0 fully saturated rings. The molecule has 0 saturated heterocycles. The number of nitrogens with zero attached hydrogens (tertiary/aromatic N) is 3. The van der Waals surface area contributed by atoms with Crippen LogP contribution in [0.4, 0.5) is 10.8 Å². The molecule has 0 spiro atoms. The molecule has 0 radical (unpaired) electrons. The van der Waals surface area contributed by atoms with Gasteiger partial charge in [-0.25, -0.2) is 15.0 Å². The molecule has 0 aliphatic rings. The summed E-state index contributed by atoms with van der Waals surface area (Å²) in [5.41, 5.74) is 7.05. The van der Waals surface area contributed by atoms with Crippen molar-refractivity contribution in [3.05, 3.63) is 28.8 Å². The molecule has 2 rings (SSSR count). The summed E-state index contributed by atoms with van der Waals surface area (Å²) in [4.78, 5) is 24.6. The lowest BCUT2D eigenvalue weighted by Crippen LogP contribution is -2.17. The zero-order chi connectivity index (χ0) is 14.0. The van der Waals surface area contributed by atoms with Crippen LogP contribution in [0.25, 0.3) is 0 Å². The van der Waals surface area contributed by atoms with Gasteiger partial charge in [0, 0.05) is 11.3 Å². The molecule has 0 atom stereocenters. The molecule has 0 aromatic carbocycles. The fourth-order valence-corrected chi connectivity index (χ4v) is 2.12. The minimum Gasteiger partial charge on any atom is -0.396 e. The van der Waals surface area contributed by atoms with Gasteiger partial charge in [0.25, 0.3) is 5.91 Å². The number of rotatable bonds is 3. The lowest BCUT2D eigenvalue weighted by Gasteiger charge is -2.08. The number of aromatic nitrogens is 3. The van der Waals surface area contributed by atoms with Gasteiger partial charge < -0.3 is 5.73 Å². The monoisotopic (exact) mass is 277 g/mol. The first kappa shape index (κ1) is 13.4. The topological polar surface area (TPSA) is 93.8 Å². The van der Waals surface area contributed by atoms with E-state index in [0.717, 1.165) is 5.69 Å². The summed E-state index contributed by atoms with van der Waals surface area (Å²) in [5.74, 6) is 0.361. The molecule has 6 nitrogen and oxygen atoms in total. The van der Waals surface area contributed by atoms with Gasteiger partial charge in [0.05, 0.1) is 17.6 Å². The van der Waals surface area contributed by atoms with Crippen LogP contribution in [0.3, 0.4) is 0 Å². The van der Waals surface area contributed by atoms with E-state index in [1.165, 1.54) is 17.5 Å². The quantitative estimate of drug-likeness (QED) is 0.897. The van der Waals surface area contributed by atoms with Crippen molar-refractivity contribution in [2.75, 3.05) is 11.1 Å². The standard InChI is InChI=1S/C12H15N5OS/c1-6(2)10-14-4-8(13)9(16-10)11(18)17-12-15-7(3)5-19-12/h4-6H,13H2,1-3H3,(H,15,17,18). The maximum Gasteiger partial charge on any atom is 0.278 e. The van der Waals surface area contributed by atoms with Crippen molar-refractivity contribution in [1.82, 2.24) is 15.0 Å². The minimum atomic E-state index is -0.365. The second-order valence-electron chi connectivity index (χ2n) is 4.44. The van der Waals surface area contributed by atoms with Gasteiger partial charge in [0.2, 0.25) is 0 Å². The lowest BCUT2D eigenvalue weighted by molar-refractivity contribution is 0.102. The van der Waals surface area contributed by atoms with E-state index >= 15 is 0 Å². The number of nitrogen functional groups attached to an aromatic ring is 1. The zero-order valence-corrected chi connectivity index (χ0v) is 11.8. The predicted octanol–water partition coefficient (Wildman–Crippen LogP) is 2.20. The summed E-state index contributed by atoms with van der Waals surface area (Å²) < 4.78 is 0. The number of carbonyl (C=O) groups excluding carboxylic acids is 1. The molecule has 7 heteroatoms. The number of nitrogens with one attached hydrogen (secondary N) is 1. The Kier molecular flexibility index (Phi) is 3.75. The first-order chi connectivity index (χ1) is 8.97. The SMILES string of the molecule is Cc1csc(NC(=O)c2nc(C(C)C)ncc2N)n1. The highest BCUT2D eigenvalue weighted by atomic mass is 32.1. The normalized spacial score (nSPS) is 10.7. The van der Waals surface area contributed by atoms with E-state index in [-0.39, 0.29) is 23.2 Å². The van der Waals surface area contributed by atoms with Crippen LogP contribution >= 0.6 is 11.3 Å². The highest BCUT2D eigenvalue weighted by Gasteiger charge is 2.16. The van der Waals surface area contributed by atoms with E-state index in [9.17, 15) is 4.79 Å². The van der Waals surface area contributed by atoms with E-state index < -0.39 is 0 Å². The second kappa shape index (κ2) is 5.31. The third kappa shape index (κ3) is 3.05. The van der Waals surface area contributed by atoms with Crippen LogP contribution in [0, 0.1) is 6.92 Å². The van der Waals surface area contributed by atoms with Crippen molar-refractivity contribution in [3.63, 3.8) is 0 Å². The smallest absolute Gasteiger partial charge is 0.278 e. The molecule has 2 aromatic heterocycles. The van der Waals surface area contributed by atoms with E-state index in [2.05, 4.69) is 20.3 Å². The molecule has 100 valence electrons. The van der Waals surface area contributed by atoms with Gasteiger partial charge in [-0.05, 0) is 6.92 Å². The Bertz CT molecular complexity index is 608. The summed E-state index contributed by atoms with van der Waals surface area (Å²) in [6.07, 6.45) is 1.46. The Labute approximate surface area is 115 Å². The average molecular weight is 277 g/mol. The highest BCUT2D eigenvalue weighted by Crippen LogP contribution is 2.18. The van der Waals surface area contributed by atoms with Crippen molar-refractivity contribution in [1.29, 1.82) is 0 Å². The number of hydrogen-bond donors (Lipinski definition) is 2. The number of anilines is 2. The van der Waals surface area contributed by atoms with Gasteiger partial charge in [0.15, 0.2) is 10.8 Å². The Hall–Kier alpha value is -2.02. The summed E-state index contributed by atoms with van der Waals surface area (Å²) in [6.45, 7) is 5.77. The van der Waals surface area contributed by atoms with Gasteiger partial charge in [-0.1, -0.05) is 13.8 Å². The van der Waals surface area contributed by atoms with Crippen molar-refractivity contribution in [2.45, 2.75) is 26.7 Å². The second-order valence-corrected chi connectivity index (χ2v) is 5.29. The molecule has 0 aliphatic carbocycles. The summed E-state index contributed by atoms with van der Waals surface area (Å²) >= 11 is 1.36. The first-order valence-electron chi connectivity index (χ1n) is 5.83. The zero-order valence-electron chi connectivity index (χ0n) is 11.0. The molecule has 2 aromatic rings. The predicted molar refractivity (Wildman–Crippen MR) is 75.3 cm³/mol. The molecular formula is C12H15N5OS. The molecule has 1 amide bonds. The average Bonchev–Trinajstić information content (AvgIpc) is 2.74. The van der Waals surface area contributed by atoms with Crippen molar-refractivity contribution in [2.24, 2.45) is 0 Å². The van der Waals surface area contributed by atoms with Crippen molar-refractivity contribution < 1.29 is 4.79 Å². The molecule has 19 heavy (non-hydrogen) atoms. The molecule has 0 bridgehead atoms. The van der Waals surface area contributed by atoms with E-state index in [0.29, 0.717) is 11.0 Å². The number of carbonyl (C=O) groups is 1. The minimum absolute atomic E-state index is 0.134. The molecule has 0 saturated carbocycles. The molecule has 0 aliphatic heterocycles. The third-order valence-electron chi connectivity index (χ3n) is 2.41. The number of amides is 1. The summed E-state index contributed by atoms with van der Waals surface area (Å²) in [5, 5.41) is 5.08. The van der Waals surface area contributed by atoms with Gasteiger partial charge in [-0.3, -0.25) is 10.1 Å². The third-order valence-corrected chi connectivity index (χ3v) is 3.28. The maximum absolute atomic E-state index is 12.1. The molecule has 2 heterocycles. The lowest BCUT2D eigenvalue weighted by atomic mass is 10.2. The fourth-order valence-electron chi connectivity index (χ4n) is 1.43. The van der Waals surface area contributed by atoms with Crippen LogP contribution in [0.2, 0.25) is 0 Å². The van der Waals surface area contributed by atoms with Crippen molar-refractivity contribution in [3.8, 4) is 0 Å². The Morgan fingerprint density at radius 3 is 2.74 bits per heavy atom. The fraction of sp³-hybridized carbons (Fsp3) is 0.333. The highest BCUT2D eigenvalue weighted by molar-refractivity contribution is 7.13. The van der Waals surface area contributed by atoms with E-state index in [1.54, 1.807) is 0 Å². The van der Waals surface area contributed by atoms with Crippen LogP contribution in [0.1, 0.15) is 41.8 Å². The van der Waals surface area contributed by atoms with Crippen LogP contribution in [0.5, 0.6) is 0 Å². The molecule has 3 N–H and O–H groups in total. The first-order valence-corrected chi connectivity index (χ1v) is 6.71. The van der Waals surface area contributed by atoms with Crippen LogP contribution in [-0.2, 0) is 0 Å². The van der Waals surface area contributed by atoms with Gasteiger partial charge in [-0.15, -0.1) is 11.3 Å². The van der Waals surface area contributed by atoms with Crippen LogP contribution in [0.15, 0.2) is 11.6 Å². The molecule has 0 unspecified atom stereocenters.